The summed E-state index contributed by atoms with van der Waals surface area (Å²) in [6, 6.07) is 5.78. The van der Waals surface area contributed by atoms with E-state index in [9.17, 15) is 4.79 Å². The lowest BCUT2D eigenvalue weighted by Gasteiger charge is -2.28. The summed E-state index contributed by atoms with van der Waals surface area (Å²) in [5.41, 5.74) is 2.17. The van der Waals surface area contributed by atoms with Crippen LogP contribution in [-0.2, 0) is 17.6 Å². The highest BCUT2D eigenvalue weighted by Crippen LogP contribution is 2.28. The number of rotatable bonds is 3. The molecule has 4 rings (SSSR count). The predicted octanol–water partition coefficient (Wildman–Crippen LogP) is 3.43. The Kier molecular flexibility index (Phi) is 5.32. The summed E-state index contributed by atoms with van der Waals surface area (Å²) < 4.78 is 0. The average molecular weight is 365 g/mol. The van der Waals surface area contributed by atoms with Gasteiger partial charge in [0.1, 0.15) is 17.5 Å². The third-order valence-electron chi connectivity index (χ3n) is 5.63. The number of aryl methyl sites for hydroxylation is 1. The van der Waals surface area contributed by atoms with Crippen LogP contribution in [-0.4, -0.2) is 38.8 Å². The number of aromatic nitrogens is 3. The molecular weight excluding hydrogens is 338 g/mol. The second-order valence-electron chi connectivity index (χ2n) is 7.54. The van der Waals surface area contributed by atoms with Crippen molar-refractivity contribution in [3.05, 3.63) is 41.5 Å². The molecule has 3 heterocycles. The van der Waals surface area contributed by atoms with Gasteiger partial charge in [-0.25, -0.2) is 15.0 Å². The van der Waals surface area contributed by atoms with Gasteiger partial charge >= 0.3 is 0 Å². The van der Waals surface area contributed by atoms with Crippen molar-refractivity contribution in [1.29, 1.82) is 0 Å². The zero-order valence-electron chi connectivity index (χ0n) is 15.9. The topological polar surface area (TPSA) is 71.0 Å². The van der Waals surface area contributed by atoms with E-state index in [1.807, 2.05) is 25.1 Å². The Morgan fingerprint density at radius 2 is 1.93 bits per heavy atom. The summed E-state index contributed by atoms with van der Waals surface area (Å²) >= 11 is 0. The van der Waals surface area contributed by atoms with Crippen LogP contribution in [0.5, 0.6) is 0 Å². The Morgan fingerprint density at radius 1 is 1.11 bits per heavy atom. The van der Waals surface area contributed by atoms with Gasteiger partial charge in [-0.3, -0.25) is 4.79 Å². The van der Waals surface area contributed by atoms with Gasteiger partial charge in [0, 0.05) is 37.2 Å². The largest absolute Gasteiger partial charge is 0.342 e. The summed E-state index contributed by atoms with van der Waals surface area (Å²) in [5, 5.41) is 3.34. The summed E-state index contributed by atoms with van der Waals surface area (Å²) in [6.07, 6.45) is 9.07. The maximum atomic E-state index is 13.0. The Hall–Kier alpha value is -2.50. The Labute approximate surface area is 160 Å². The SMILES string of the molecule is Cc1nc2c(c(Nc3ccccn3)n1)CCN(C(=O)C1CCCCC1)CC2. The molecule has 1 aliphatic heterocycles. The highest BCUT2D eigenvalue weighted by atomic mass is 16.2. The number of carbonyl (C=O) groups is 1. The van der Waals surface area contributed by atoms with E-state index in [0.29, 0.717) is 5.91 Å². The first-order chi connectivity index (χ1) is 13.2. The van der Waals surface area contributed by atoms with E-state index in [0.717, 1.165) is 67.5 Å². The van der Waals surface area contributed by atoms with Crippen LogP contribution in [0.1, 0.15) is 49.2 Å². The summed E-state index contributed by atoms with van der Waals surface area (Å²) in [7, 11) is 0. The van der Waals surface area contributed by atoms with E-state index in [-0.39, 0.29) is 5.92 Å². The lowest BCUT2D eigenvalue weighted by atomic mass is 9.88. The van der Waals surface area contributed by atoms with Gasteiger partial charge in [0.15, 0.2) is 0 Å². The number of anilines is 2. The van der Waals surface area contributed by atoms with Crippen molar-refractivity contribution in [3.8, 4) is 0 Å². The smallest absolute Gasteiger partial charge is 0.225 e. The first-order valence-electron chi connectivity index (χ1n) is 10.0. The molecule has 2 aromatic rings. The van der Waals surface area contributed by atoms with Gasteiger partial charge in [-0.15, -0.1) is 0 Å². The van der Waals surface area contributed by atoms with E-state index >= 15 is 0 Å². The van der Waals surface area contributed by atoms with Crippen LogP contribution < -0.4 is 5.32 Å². The van der Waals surface area contributed by atoms with Crippen molar-refractivity contribution in [2.24, 2.45) is 5.92 Å². The molecule has 0 unspecified atom stereocenters. The Morgan fingerprint density at radius 3 is 2.70 bits per heavy atom. The highest BCUT2D eigenvalue weighted by molar-refractivity contribution is 5.79. The second kappa shape index (κ2) is 8.03. The zero-order valence-corrected chi connectivity index (χ0v) is 15.9. The molecule has 1 aliphatic carbocycles. The summed E-state index contributed by atoms with van der Waals surface area (Å²) in [4.78, 5) is 28.7. The van der Waals surface area contributed by atoms with Crippen molar-refractivity contribution in [2.75, 3.05) is 18.4 Å². The number of nitrogens with zero attached hydrogens (tertiary/aromatic N) is 4. The number of pyridine rings is 1. The fourth-order valence-electron chi connectivity index (χ4n) is 4.21. The molecular formula is C21H27N5O. The van der Waals surface area contributed by atoms with Gasteiger partial charge < -0.3 is 10.2 Å². The minimum absolute atomic E-state index is 0.221. The molecule has 0 aromatic carbocycles. The van der Waals surface area contributed by atoms with Crippen LogP contribution in [0.15, 0.2) is 24.4 Å². The van der Waals surface area contributed by atoms with E-state index in [4.69, 9.17) is 0 Å². The summed E-state index contributed by atoms with van der Waals surface area (Å²) in [6.45, 7) is 3.41. The van der Waals surface area contributed by atoms with Gasteiger partial charge in [0.2, 0.25) is 5.91 Å². The van der Waals surface area contributed by atoms with Gasteiger partial charge in [0.25, 0.3) is 0 Å². The molecule has 6 heteroatoms. The molecule has 0 atom stereocenters. The second-order valence-corrected chi connectivity index (χ2v) is 7.54. The van der Waals surface area contributed by atoms with Crippen LogP contribution in [0.3, 0.4) is 0 Å². The van der Waals surface area contributed by atoms with E-state index in [1.54, 1.807) is 6.20 Å². The number of carbonyl (C=O) groups excluding carboxylic acids is 1. The number of hydrogen-bond acceptors (Lipinski definition) is 5. The first-order valence-corrected chi connectivity index (χ1v) is 10.0. The van der Waals surface area contributed by atoms with Crippen LogP contribution in [0.2, 0.25) is 0 Å². The quantitative estimate of drug-likeness (QED) is 0.902. The van der Waals surface area contributed by atoms with Crippen molar-refractivity contribution in [3.63, 3.8) is 0 Å². The van der Waals surface area contributed by atoms with Gasteiger partial charge in [-0.1, -0.05) is 25.3 Å². The average Bonchev–Trinajstić information content (AvgIpc) is 2.91. The number of fused-ring (bicyclic) bond motifs is 1. The van der Waals surface area contributed by atoms with Crippen LogP contribution in [0, 0.1) is 12.8 Å². The molecule has 0 radical (unpaired) electrons. The molecule has 1 amide bonds. The minimum Gasteiger partial charge on any atom is -0.342 e. The monoisotopic (exact) mass is 365 g/mol. The number of nitrogens with one attached hydrogen (secondary N) is 1. The molecule has 0 bridgehead atoms. The van der Waals surface area contributed by atoms with Crippen LogP contribution in [0.25, 0.3) is 0 Å². The standard InChI is InChI=1S/C21H27N5O/c1-15-23-18-11-14-26(21(27)16-7-3-2-4-8-16)13-10-17(18)20(24-15)25-19-9-5-6-12-22-19/h5-6,9,12,16H,2-4,7-8,10-11,13-14H2,1H3,(H,22,23,24,25). The third kappa shape index (κ3) is 4.10. The van der Waals surface area contributed by atoms with Crippen LogP contribution in [0.4, 0.5) is 11.6 Å². The molecule has 2 aromatic heterocycles. The third-order valence-corrected chi connectivity index (χ3v) is 5.63. The van der Waals surface area contributed by atoms with Crippen LogP contribution >= 0.6 is 0 Å². The fraction of sp³-hybridized carbons (Fsp3) is 0.524. The lowest BCUT2D eigenvalue weighted by Crippen LogP contribution is -2.38. The molecule has 1 fully saturated rings. The fourth-order valence-corrected chi connectivity index (χ4v) is 4.21. The molecule has 1 N–H and O–H groups in total. The van der Waals surface area contributed by atoms with Crippen molar-refractivity contribution >= 4 is 17.5 Å². The normalized spacial score (nSPS) is 17.9. The highest BCUT2D eigenvalue weighted by Gasteiger charge is 2.28. The predicted molar refractivity (Wildman–Crippen MR) is 105 cm³/mol. The molecule has 6 nitrogen and oxygen atoms in total. The molecule has 2 aliphatic rings. The molecule has 0 saturated heterocycles. The van der Waals surface area contributed by atoms with Gasteiger partial charge in [-0.2, -0.15) is 0 Å². The van der Waals surface area contributed by atoms with E-state index in [2.05, 4.69) is 25.2 Å². The molecule has 0 spiro atoms. The number of amides is 1. The number of hydrogen-bond donors (Lipinski definition) is 1. The maximum absolute atomic E-state index is 13.0. The van der Waals surface area contributed by atoms with E-state index in [1.165, 1.54) is 19.3 Å². The molecule has 27 heavy (non-hydrogen) atoms. The minimum atomic E-state index is 0.221. The summed E-state index contributed by atoms with van der Waals surface area (Å²) in [5.74, 6) is 2.91. The van der Waals surface area contributed by atoms with Gasteiger partial charge in [-0.05, 0) is 38.3 Å². The Bertz CT molecular complexity index is 802. The molecule has 142 valence electrons. The molecule has 1 saturated carbocycles. The van der Waals surface area contributed by atoms with Gasteiger partial charge in [0.05, 0.1) is 5.69 Å². The van der Waals surface area contributed by atoms with Crippen molar-refractivity contribution in [1.82, 2.24) is 19.9 Å². The van der Waals surface area contributed by atoms with Crippen molar-refractivity contribution in [2.45, 2.75) is 51.9 Å². The first kappa shape index (κ1) is 17.9. The maximum Gasteiger partial charge on any atom is 0.225 e. The van der Waals surface area contributed by atoms with E-state index < -0.39 is 0 Å². The zero-order chi connectivity index (χ0) is 18.6. The lowest BCUT2D eigenvalue weighted by molar-refractivity contribution is -0.136. The van der Waals surface area contributed by atoms with Crippen molar-refractivity contribution < 1.29 is 4.79 Å². The Balaban J connectivity index is 1.53.